The fraction of sp³-hybridized carbons (Fsp3) is 0.273. The number of carbonyl (C=O) groups is 1. The molecule has 2 N–H and O–H groups in total. The van der Waals surface area contributed by atoms with Crippen molar-refractivity contribution in [1.29, 1.82) is 0 Å². The van der Waals surface area contributed by atoms with E-state index in [9.17, 15) is 9.59 Å². The average Bonchev–Trinajstić information content (AvgIpc) is 2.58. The van der Waals surface area contributed by atoms with Crippen LogP contribution in [0.4, 0.5) is 5.69 Å². The van der Waals surface area contributed by atoms with Crippen LogP contribution in [0.1, 0.15) is 27.9 Å². The van der Waals surface area contributed by atoms with Crippen LogP contribution in [0, 0.1) is 27.7 Å². The third-order valence-electron chi connectivity index (χ3n) is 4.48. The highest BCUT2D eigenvalue weighted by atomic mass is 32.2. The predicted octanol–water partition coefficient (Wildman–Crippen LogP) is 4.63. The molecular formula is C22H24N2O2S. The number of fused-ring (bicyclic) bond motifs is 1. The van der Waals surface area contributed by atoms with Crippen molar-refractivity contribution >= 4 is 34.3 Å². The number of aromatic nitrogens is 1. The summed E-state index contributed by atoms with van der Waals surface area (Å²) in [6, 6.07) is 11.6. The maximum Gasteiger partial charge on any atom is 0.234 e. The molecule has 4 nitrogen and oxygen atoms in total. The van der Waals surface area contributed by atoms with Gasteiger partial charge >= 0.3 is 0 Å². The van der Waals surface area contributed by atoms with Crippen LogP contribution in [0.15, 0.2) is 41.2 Å². The van der Waals surface area contributed by atoms with Gasteiger partial charge < -0.3 is 10.3 Å². The molecule has 0 unspecified atom stereocenters. The van der Waals surface area contributed by atoms with Gasteiger partial charge in [-0.1, -0.05) is 23.8 Å². The number of hydrogen-bond acceptors (Lipinski definition) is 3. The number of H-pyrrole nitrogens is 1. The normalized spacial score (nSPS) is 11.0. The Kier molecular flexibility index (Phi) is 5.71. The first kappa shape index (κ1) is 19.2. The van der Waals surface area contributed by atoms with Gasteiger partial charge in [0.15, 0.2) is 5.43 Å². The number of aromatic amines is 1. The van der Waals surface area contributed by atoms with Crippen LogP contribution in [0.25, 0.3) is 10.9 Å². The van der Waals surface area contributed by atoms with Gasteiger partial charge in [0.2, 0.25) is 5.91 Å². The number of anilines is 1. The molecule has 1 aromatic heterocycles. The lowest BCUT2D eigenvalue weighted by molar-refractivity contribution is -0.113. The fourth-order valence-corrected chi connectivity index (χ4v) is 3.97. The summed E-state index contributed by atoms with van der Waals surface area (Å²) in [5.74, 6) is 0.876. The number of thioether (sulfide) groups is 1. The highest BCUT2D eigenvalue weighted by Gasteiger charge is 2.08. The van der Waals surface area contributed by atoms with Crippen LogP contribution in [-0.2, 0) is 10.5 Å². The van der Waals surface area contributed by atoms with Crippen molar-refractivity contribution in [3.8, 4) is 0 Å². The second kappa shape index (κ2) is 8.01. The molecule has 3 rings (SSSR count). The summed E-state index contributed by atoms with van der Waals surface area (Å²) < 4.78 is 0. The summed E-state index contributed by atoms with van der Waals surface area (Å²) in [7, 11) is 0. The van der Waals surface area contributed by atoms with E-state index >= 15 is 0 Å². The van der Waals surface area contributed by atoms with Crippen LogP contribution in [0.2, 0.25) is 0 Å². The molecule has 0 bridgehead atoms. The van der Waals surface area contributed by atoms with E-state index in [1.54, 1.807) is 6.07 Å². The highest BCUT2D eigenvalue weighted by Crippen LogP contribution is 2.19. The molecule has 0 saturated carbocycles. The molecule has 2 aromatic carbocycles. The maximum absolute atomic E-state index is 12.4. The standard InChI is InChI=1S/C22H24N2O2S/c1-13-5-6-19(15(3)7-13)24-21(26)12-27-11-17-10-20(25)18-9-14(2)8-16(4)22(18)23-17/h5-10H,11-12H2,1-4H3,(H,23,25)(H,24,26). The van der Waals surface area contributed by atoms with E-state index in [0.29, 0.717) is 16.9 Å². The van der Waals surface area contributed by atoms with Crippen LogP contribution in [0.3, 0.4) is 0 Å². The summed E-state index contributed by atoms with van der Waals surface area (Å²) in [5.41, 5.74) is 6.94. The lowest BCUT2D eigenvalue weighted by Gasteiger charge is -2.10. The number of hydrogen-bond donors (Lipinski definition) is 2. The number of aryl methyl sites for hydroxylation is 4. The van der Waals surface area contributed by atoms with E-state index in [4.69, 9.17) is 0 Å². The molecule has 27 heavy (non-hydrogen) atoms. The van der Waals surface area contributed by atoms with E-state index in [1.807, 2.05) is 52.0 Å². The summed E-state index contributed by atoms with van der Waals surface area (Å²) >= 11 is 1.49. The molecule has 0 radical (unpaired) electrons. The van der Waals surface area contributed by atoms with E-state index < -0.39 is 0 Å². The SMILES string of the molecule is Cc1ccc(NC(=O)CSCc2cc(=O)c3cc(C)cc(C)c3[nH]2)c(C)c1. The van der Waals surface area contributed by atoms with Crippen LogP contribution in [0.5, 0.6) is 0 Å². The van der Waals surface area contributed by atoms with Crippen molar-refractivity contribution in [2.24, 2.45) is 0 Å². The lowest BCUT2D eigenvalue weighted by atomic mass is 10.1. The quantitative estimate of drug-likeness (QED) is 0.678. The maximum atomic E-state index is 12.4. The highest BCUT2D eigenvalue weighted by molar-refractivity contribution is 7.99. The molecule has 1 amide bonds. The molecule has 0 aliphatic rings. The monoisotopic (exact) mass is 380 g/mol. The van der Waals surface area contributed by atoms with Gasteiger partial charge in [-0.25, -0.2) is 0 Å². The Labute approximate surface area is 163 Å². The Balaban J connectivity index is 1.65. The van der Waals surface area contributed by atoms with Gasteiger partial charge in [0.05, 0.1) is 11.3 Å². The Morgan fingerprint density at radius 1 is 1.00 bits per heavy atom. The van der Waals surface area contributed by atoms with Crippen molar-refractivity contribution in [3.63, 3.8) is 0 Å². The lowest BCUT2D eigenvalue weighted by Crippen LogP contribution is -2.15. The molecular weight excluding hydrogens is 356 g/mol. The molecule has 0 fully saturated rings. The first-order chi connectivity index (χ1) is 12.8. The van der Waals surface area contributed by atoms with E-state index in [1.165, 1.54) is 17.3 Å². The number of pyridine rings is 1. The second-order valence-electron chi connectivity index (χ2n) is 7.02. The third kappa shape index (κ3) is 4.61. The molecule has 0 saturated heterocycles. The Morgan fingerprint density at radius 2 is 1.74 bits per heavy atom. The number of carbonyl (C=O) groups excluding carboxylic acids is 1. The zero-order valence-corrected chi connectivity index (χ0v) is 16.9. The number of rotatable bonds is 5. The molecule has 1 heterocycles. The minimum absolute atomic E-state index is 0.0193. The fourth-order valence-electron chi connectivity index (χ4n) is 3.23. The Bertz CT molecular complexity index is 1070. The molecule has 5 heteroatoms. The van der Waals surface area contributed by atoms with E-state index in [-0.39, 0.29) is 11.3 Å². The van der Waals surface area contributed by atoms with Crippen molar-refractivity contribution in [3.05, 3.63) is 74.6 Å². The summed E-state index contributed by atoms with van der Waals surface area (Å²) in [4.78, 5) is 28.0. The van der Waals surface area contributed by atoms with Crippen molar-refractivity contribution in [1.82, 2.24) is 4.98 Å². The van der Waals surface area contributed by atoms with Crippen molar-refractivity contribution in [2.75, 3.05) is 11.1 Å². The molecule has 0 aliphatic heterocycles. The van der Waals surface area contributed by atoms with Gasteiger partial charge in [0.25, 0.3) is 0 Å². The third-order valence-corrected chi connectivity index (χ3v) is 5.46. The molecule has 140 valence electrons. The molecule has 3 aromatic rings. The van der Waals surface area contributed by atoms with Gasteiger partial charge in [0, 0.05) is 28.6 Å². The second-order valence-corrected chi connectivity index (χ2v) is 8.01. The Hall–Kier alpha value is -2.53. The van der Waals surface area contributed by atoms with Gasteiger partial charge in [-0.15, -0.1) is 11.8 Å². The van der Waals surface area contributed by atoms with Crippen molar-refractivity contribution in [2.45, 2.75) is 33.4 Å². The molecule has 0 spiro atoms. The first-order valence-electron chi connectivity index (χ1n) is 8.91. The molecule has 0 aliphatic carbocycles. The average molecular weight is 381 g/mol. The minimum atomic E-state index is -0.0399. The van der Waals surface area contributed by atoms with Crippen LogP contribution in [-0.4, -0.2) is 16.6 Å². The summed E-state index contributed by atoms with van der Waals surface area (Å²) in [6.45, 7) is 8.00. The first-order valence-corrected chi connectivity index (χ1v) is 10.1. The zero-order valence-electron chi connectivity index (χ0n) is 16.1. The van der Waals surface area contributed by atoms with Gasteiger partial charge in [-0.05, 0) is 56.5 Å². The van der Waals surface area contributed by atoms with E-state index in [2.05, 4.69) is 16.4 Å². The number of nitrogens with one attached hydrogen (secondary N) is 2. The molecule has 0 atom stereocenters. The van der Waals surface area contributed by atoms with Gasteiger partial charge in [0.1, 0.15) is 0 Å². The van der Waals surface area contributed by atoms with Gasteiger partial charge in [-0.3, -0.25) is 9.59 Å². The Morgan fingerprint density at radius 3 is 2.48 bits per heavy atom. The number of benzene rings is 2. The van der Waals surface area contributed by atoms with Crippen LogP contribution >= 0.6 is 11.8 Å². The largest absolute Gasteiger partial charge is 0.357 e. The summed E-state index contributed by atoms with van der Waals surface area (Å²) in [6.07, 6.45) is 0. The smallest absolute Gasteiger partial charge is 0.234 e. The van der Waals surface area contributed by atoms with Gasteiger partial charge in [-0.2, -0.15) is 0 Å². The summed E-state index contributed by atoms with van der Waals surface area (Å²) in [5, 5.41) is 3.66. The zero-order chi connectivity index (χ0) is 19.6. The predicted molar refractivity (Wildman–Crippen MR) is 115 cm³/mol. The topological polar surface area (TPSA) is 62.0 Å². The number of amides is 1. The van der Waals surface area contributed by atoms with E-state index in [0.717, 1.165) is 33.6 Å². The van der Waals surface area contributed by atoms with Crippen molar-refractivity contribution < 1.29 is 4.79 Å². The minimum Gasteiger partial charge on any atom is -0.357 e. The van der Waals surface area contributed by atoms with Crippen LogP contribution < -0.4 is 10.7 Å².